The number of hydrogen-bond acceptors (Lipinski definition) is 10. The highest BCUT2D eigenvalue weighted by Gasteiger charge is 2.31. The molecule has 0 unspecified atom stereocenters. The number of nitrogens with zero attached hydrogens (tertiary/aromatic N) is 3. The molecule has 12 heteroatoms. The van der Waals surface area contributed by atoms with E-state index in [1.54, 1.807) is 11.0 Å². The number of carbonyl (C=O) groups excluding carboxylic acids is 1. The molecular formula is C36H35N3O7S2. The van der Waals surface area contributed by atoms with Crippen molar-refractivity contribution in [2.75, 3.05) is 59.7 Å². The Hall–Kier alpha value is -4.49. The van der Waals surface area contributed by atoms with Crippen LogP contribution in [0.2, 0.25) is 0 Å². The zero-order valence-electron chi connectivity index (χ0n) is 26.4. The highest BCUT2D eigenvalue weighted by atomic mass is 32.2. The maximum Gasteiger partial charge on any atom is 0.335 e. The molecule has 3 aromatic carbocycles. The van der Waals surface area contributed by atoms with Crippen LogP contribution >= 0.6 is 24.0 Å². The van der Waals surface area contributed by atoms with E-state index < -0.39 is 5.97 Å². The number of thiocarbonyl (C=S) groups is 1. The van der Waals surface area contributed by atoms with Gasteiger partial charge < -0.3 is 24.1 Å². The highest BCUT2D eigenvalue weighted by molar-refractivity contribution is 8.26. The van der Waals surface area contributed by atoms with E-state index in [0.29, 0.717) is 40.3 Å². The monoisotopic (exact) mass is 685 g/mol. The third kappa shape index (κ3) is 7.96. The molecule has 0 atom stereocenters. The quantitative estimate of drug-likeness (QED) is 0.102. The fraction of sp³-hybridized carbons (Fsp3) is 0.278. The number of carboxylic acid groups (broad SMARTS) is 1. The van der Waals surface area contributed by atoms with Crippen molar-refractivity contribution >= 4 is 57.2 Å². The minimum Gasteiger partial charge on any atom is -0.493 e. The average molecular weight is 686 g/mol. The molecule has 0 radical (unpaired) electrons. The van der Waals surface area contributed by atoms with Crippen LogP contribution in [0.15, 0.2) is 77.8 Å². The Balaban J connectivity index is 1.15. The molecule has 0 aliphatic carbocycles. The summed E-state index contributed by atoms with van der Waals surface area (Å²) in [4.78, 5) is 33.8. The lowest BCUT2D eigenvalue weighted by atomic mass is 10.0. The van der Waals surface area contributed by atoms with Crippen LogP contribution < -0.4 is 14.2 Å². The molecule has 2 aliphatic rings. The van der Waals surface area contributed by atoms with Crippen molar-refractivity contribution in [3.05, 3.63) is 89.0 Å². The van der Waals surface area contributed by atoms with Gasteiger partial charge in [-0.05, 0) is 60.5 Å². The van der Waals surface area contributed by atoms with Gasteiger partial charge in [-0.15, -0.1) is 0 Å². The molecule has 6 rings (SSSR count). The number of aromatic nitrogens is 1. The summed E-state index contributed by atoms with van der Waals surface area (Å²) < 4.78 is 23.4. The Kier molecular flexibility index (Phi) is 10.9. The molecule has 2 fully saturated rings. The smallest absolute Gasteiger partial charge is 0.335 e. The Morgan fingerprint density at radius 1 is 1.00 bits per heavy atom. The van der Waals surface area contributed by atoms with Gasteiger partial charge in [0.05, 0.1) is 42.9 Å². The van der Waals surface area contributed by atoms with E-state index in [0.717, 1.165) is 66.2 Å². The van der Waals surface area contributed by atoms with Crippen molar-refractivity contribution < 1.29 is 33.6 Å². The predicted octanol–water partition coefficient (Wildman–Crippen LogP) is 5.99. The van der Waals surface area contributed by atoms with Gasteiger partial charge in [-0.2, -0.15) is 0 Å². The van der Waals surface area contributed by atoms with Crippen LogP contribution in [-0.2, 0) is 9.53 Å². The fourth-order valence-corrected chi connectivity index (χ4v) is 6.79. The first kappa shape index (κ1) is 33.4. The summed E-state index contributed by atoms with van der Waals surface area (Å²) in [6, 6.07) is 20.5. The van der Waals surface area contributed by atoms with Gasteiger partial charge in [-0.1, -0.05) is 48.2 Å². The molecular weight excluding hydrogens is 651 g/mol. The van der Waals surface area contributed by atoms with E-state index in [1.165, 1.54) is 31.0 Å². The number of rotatable bonds is 13. The standard InChI is InChI=1S/C36H35N3O7S2/c1-43-32-22-26(35(41)42)8-10-31(32)45-15-4-11-39-34(40)33(48-36(39)47)20-24-7-9-30(46-18-14-38-12-16-44-17-13-38)28(19-24)27-21-25-5-2-3-6-29(25)37-23-27/h2-3,5-10,19-23H,4,11-18H2,1H3,(H,41,42). The van der Waals surface area contributed by atoms with Crippen LogP contribution in [0.3, 0.4) is 0 Å². The van der Waals surface area contributed by atoms with Crippen molar-refractivity contribution in [3.63, 3.8) is 0 Å². The summed E-state index contributed by atoms with van der Waals surface area (Å²) >= 11 is 6.84. The molecule has 1 aromatic heterocycles. The summed E-state index contributed by atoms with van der Waals surface area (Å²) in [7, 11) is 1.45. The van der Waals surface area contributed by atoms with Gasteiger partial charge in [-0.3, -0.25) is 19.6 Å². The lowest BCUT2D eigenvalue weighted by molar-refractivity contribution is -0.122. The van der Waals surface area contributed by atoms with Gasteiger partial charge >= 0.3 is 5.97 Å². The number of ether oxygens (including phenoxy) is 4. The number of fused-ring (bicyclic) bond motifs is 1. The summed E-state index contributed by atoms with van der Waals surface area (Å²) in [5, 5.41) is 10.2. The summed E-state index contributed by atoms with van der Waals surface area (Å²) in [5.74, 6) is 0.301. The summed E-state index contributed by atoms with van der Waals surface area (Å²) in [5.41, 5.74) is 3.68. The van der Waals surface area contributed by atoms with Gasteiger partial charge in [0, 0.05) is 48.9 Å². The molecule has 10 nitrogen and oxygen atoms in total. The second-order valence-corrected chi connectivity index (χ2v) is 12.9. The predicted molar refractivity (Wildman–Crippen MR) is 190 cm³/mol. The van der Waals surface area contributed by atoms with Crippen LogP contribution in [0, 0.1) is 0 Å². The molecule has 1 N–H and O–H groups in total. The first-order chi connectivity index (χ1) is 23.4. The Morgan fingerprint density at radius 3 is 2.60 bits per heavy atom. The first-order valence-electron chi connectivity index (χ1n) is 15.6. The van der Waals surface area contributed by atoms with Crippen LogP contribution in [-0.4, -0.2) is 95.8 Å². The zero-order valence-corrected chi connectivity index (χ0v) is 28.1. The van der Waals surface area contributed by atoms with Crippen LogP contribution in [0.5, 0.6) is 17.2 Å². The SMILES string of the molecule is COc1cc(C(=O)O)ccc1OCCCN1C(=O)C(=Cc2ccc(OCCN3CCOCC3)c(-c3cnc4ccccc4c3)c2)SC1=S. The molecule has 4 aromatic rings. The summed E-state index contributed by atoms with van der Waals surface area (Å²) in [6.45, 7) is 5.27. The third-order valence-electron chi connectivity index (χ3n) is 8.04. The van der Waals surface area contributed by atoms with Gasteiger partial charge in [0.25, 0.3) is 5.91 Å². The number of morpholine rings is 1. The van der Waals surface area contributed by atoms with Gasteiger partial charge in [0.15, 0.2) is 11.5 Å². The number of carboxylic acids is 1. The molecule has 0 bridgehead atoms. The van der Waals surface area contributed by atoms with Gasteiger partial charge in [0.1, 0.15) is 16.7 Å². The van der Waals surface area contributed by atoms with E-state index in [-0.39, 0.29) is 18.1 Å². The van der Waals surface area contributed by atoms with E-state index in [2.05, 4.69) is 16.0 Å². The molecule has 248 valence electrons. The van der Waals surface area contributed by atoms with Gasteiger partial charge in [-0.25, -0.2) is 4.79 Å². The average Bonchev–Trinajstić information content (AvgIpc) is 3.37. The molecule has 3 heterocycles. The molecule has 1 amide bonds. The number of hydrogen-bond donors (Lipinski definition) is 1. The Bertz CT molecular complexity index is 1860. The second-order valence-electron chi connectivity index (χ2n) is 11.2. The zero-order chi connectivity index (χ0) is 33.5. The van der Waals surface area contributed by atoms with E-state index in [9.17, 15) is 14.7 Å². The lowest BCUT2D eigenvalue weighted by Crippen LogP contribution is -2.38. The van der Waals surface area contributed by atoms with Crippen molar-refractivity contribution in [2.24, 2.45) is 0 Å². The van der Waals surface area contributed by atoms with E-state index in [4.69, 9.17) is 31.2 Å². The number of methoxy groups -OCH3 is 1. The number of thioether (sulfide) groups is 1. The number of pyridine rings is 1. The van der Waals surface area contributed by atoms with Crippen LogP contribution in [0.1, 0.15) is 22.3 Å². The largest absolute Gasteiger partial charge is 0.493 e. The summed E-state index contributed by atoms with van der Waals surface area (Å²) in [6.07, 6.45) is 4.23. The minimum absolute atomic E-state index is 0.107. The first-order valence-corrected chi connectivity index (χ1v) is 16.8. The number of amides is 1. The fourth-order valence-electron chi connectivity index (χ4n) is 5.49. The van der Waals surface area contributed by atoms with E-state index >= 15 is 0 Å². The maximum absolute atomic E-state index is 13.4. The van der Waals surface area contributed by atoms with Crippen molar-refractivity contribution in [3.8, 4) is 28.4 Å². The van der Waals surface area contributed by atoms with Crippen LogP contribution in [0.25, 0.3) is 28.1 Å². The van der Waals surface area contributed by atoms with Crippen molar-refractivity contribution in [2.45, 2.75) is 6.42 Å². The Morgan fingerprint density at radius 2 is 1.79 bits per heavy atom. The number of aromatic carboxylic acids is 1. The maximum atomic E-state index is 13.4. The van der Waals surface area contributed by atoms with Crippen molar-refractivity contribution in [1.82, 2.24) is 14.8 Å². The van der Waals surface area contributed by atoms with Gasteiger partial charge in [0.2, 0.25) is 0 Å². The second kappa shape index (κ2) is 15.6. The van der Waals surface area contributed by atoms with Crippen molar-refractivity contribution in [1.29, 1.82) is 0 Å². The Labute approximate surface area is 288 Å². The highest BCUT2D eigenvalue weighted by Crippen LogP contribution is 2.36. The third-order valence-corrected chi connectivity index (χ3v) is 9.42. The molecule has 0 saturated carbocycles. The van der Waals surface area contributed by atoms with E-state index in [1.807, 2.05) is 54.7 Å². The lowest BCUT2D eigenvalue weighted by Gasteiger charge is -2.26. The topological polar surface area (TPSA) is 111 Å². The molecule has 2 aliphatic heterocycles. The van der Waals surface area contributed by atoms with Crippen LogP contribution in [0.4, 0.5) is 0 Å². The molecule has 48 heavy (non-hydrogen) atoms. The molecule has 2 saturated heterocycles. The number of para-hydroxylation sites is 1. The normalized spacial score (nSPS) is 16.1. The number of benzene rings is 3. The number of carbonyl (C=O) groups is 2. The minimum atomic E-state index is -1.05. The molecule has 0 spiro atoms.